The zero-order valence-electron chi connectivity index (χ0n) is 12.6. The standard InChI is InChI=1S/C16H10Cl2N6S/c17-8-2-1-3-9(18)13(8)16-23-10-4-5-20-15(14(10)25-16)24-12-7-21-11(19)6-22-12/h1-7H,(H2,19,21)(H,20,22,24). The van der Waals surface area contributed by atoms with Gasteiger partial charge in [0.05, 0.1) is 32.7 Å². The molecular formula is C16H10Cl2N6S. The van der Waals surface area contributed by atoms with Crippen LogP contribution < -0.4 is 11.1 Å². The van der Waals surface area contributed by atoms with Crippen molar-refractivity contribution in [2.24, 2.45) is 0 Å². The van der Waals surface area contributed by atoms with Crippen LogP contribution in [-0.4, -0.2) is 19.9 Å². The van der Waals surface area contributed by atoms with Crippen molar-refractivity contribution in [1.29, 1.82) is 0 Å². The monoisotopic (exact) mass is 388 g/mol. The number of halogens is 2. The van der Waals surface area contributed by atoms with Gasteiger partial charge in [-0.05, 0) is 18.2 Å². The summed E-state index contributed by atoms with van der Waals surface area (Å²) in [6.07, 6.45) is 4.69. The van der Waals surface area contributed by atoms with Crippen LogP contribution in [0, 0.1) is 0 Å². The Labute approximate surface area is 156 Å². The summed E-state index contributed by atoms with van der Waals surface area (Å²) in [5, 5.41) is 4.97. The van der Waals surface area contributed by atoms with E-state index in [-0.39, 0.29) is 0 Å². The number of nitrogens with one attached hydrogen (secondary N) is 1. The molecule has 9 heteroatoms. The summed E-state index contributed by atoms with van der Waals surface area (Å²) in [4.78, 5) is 17.2. The molecule has 4 aromatic rings. The van der Waals surface area contributed by atoms with Crippen LogP contribution in [0.5, 0.6) is 0 Å². The fourth-order valence-electron chi connectivity index (χ4n) is 2.28. The van der Waals surface area contributed by atoms with Crippen molar-refractivity contribution < 1.29 is 0 Å². The Balaban J connectivity index is 1.80. The molecule has 4 rings (SSSR count). The summed E-state index contributed by atoms with van der Waals surface area (Å²) in [5.74, 6) is 1.52. The van der Waals surface area contributed by atoms with Gasteiger partial charge >= 0.3 is 0 Å². The smallest absolute Gasteiger partial charge is 0.151 e. The first-order valence-corrected chi connectivity index (χ1v) is 8.73. The molecule has 0 aliphatic rings. The molecule has 1 aromatic carbocycles. The van der Waals surface area contributed by atoms with Crippen molar-refractivity contribution in [3.05, 3.63) is 52.9 Å². The van der Waals surface area contributed by atoms with E-state index in [1.165, 1.54) is 17.5 Å². The van der Waals surface area contributed by atoms with E-state index >= 15 is 0 Å². The van der Waals surface area contributed by atoms with Gasteiger partial charge in [-0.25, -0.2) is 19.9 Å². The van der Waals surface area contributed by atoms with Crippen molar-refractivity contribution >= 4 is 62.2 Å². The highest BCUT2D eigenvalue weighted by atomic mass is 35.5. The summed E-state index contributed by atoms with van der Waals surface area (Å²) in [5.41, 5.74) is 7.06. The van der Waals surface area contributed by atoms with Gasteiger partial charge in [0.1, 0.15) is 16.6 Å². The quantitative estimate of drug-likeness (QED) is 0.524. The molecular weight excluding hydrogens is 379 g/mol. The van der Waals surface area contributed by atoms with E-state index in [2.05, 4.69) is 25.3 Å². The Kier molecular flexibility index (Phi) is 4.12. The van der Waals surface area contributed by atoms with E-state index in [0.29, 0.717) is 33.1 Å². The lowest BCUT2D eigenvalue weighted by atomic mass is 10.2. The third-order valence-electron chi connectivity index (χ3n) is 3.40. The molecule has 3 aromatic heterocycles. The third kappa shape index (κ3) is 3.09. The summed E-state index contributed by atoms with van der Waals surface area (Å²) >= 11 is 14.0. The summed E-state index contributed by atoms with van der Waals surface area (Å²) in [7, 11) is 0. The van der Waals surface area contributed by atoms with Crippen LogP contribution in [0.15, 0.2) is 42.9 Å². The molecule has 0 aliphatic heterocycles. The van der Waals surface area contributed by atoms with Crippen molar-refractivity contribution in [2.75, 3.05) is 11.1 Å². The molecule has 25 heavy (non-hydrogen) atoms. The zero-order chi connectivity index (χ0) is 17.4. The van der Waals surface area contributed by atoms with Crippen LogP contribution in [-0.2, 0) is 0 Å². The molecule has 0 spiro atoms. The Bertz CT molecular complexity index is 1040. The summed E-state index contributed by atoms with van der Waals surface area (Å²) in [6.45, 7) is 0. The summed E-state index contributed by atoms with van der Waals surface area (Å²) < 4.78 is 0.868. The second kappa shape index (κ2) is 6.44. The molecule has 0 atom stereocenters. The molecule has 0 aliphatic carbocycles. The normalized spacial score (nSPS) is 11.0. The van der Waals surface area contributed by atoms with Crippen LogP contribution in [0.1, 0.15) is 0 Å². The van der Waals surface area contributed by atoms with Gasteiger partial charge in [-0.15, -0.1) is 11.3 Å². The van der Waals surface area contributed by atoms with Gasteiger partial charge in [0, 0.05) is 11.8 Å². The first kappa shape index (κ1) is 16.0. The highest BCUT2D eigenvalue weighted by molar-refractivity contribution is 7.22. The number of fused-ring (bicyclic) bond motifs is 1. The topological polar surface area (TPSA) is 89.6 Å². The van der Waals surface area contributed by atoms with Gasteiger partial charge < -0.3 is 11.1 Å². The molecule has 0 bridgehead atoms. The molecule has 3 heterocycles. The lowest BCUT2D eigenvalue weighted by Crippen LogP contribution is -1.98. The number of pyridine rings is 1. The molecule has 0 unspecified atom stereocenters. The highest BCUT2D eigenvalue weighted by Crippen LogP contribution is 2.40. The largest absolute Gasteiger partial charge is 0.382 e. The highest BCUT2D eigenvalue weighted by Gasteiger charge is 2.16. The Morgan fingerprint density at radius 3 is 2.52 bits per heavy atom. The van der Waals surface area contributed by atoms with Gasteiger partial charge in [0.2, 0.25) is 0 Å². The lowest BCUT2D eigenvalue weighted by molar-refractivity contribution is 1.19. The number of rotatable bonds is 3. The van der Waals surface area contributed by atoms with Crippen molar-refractivity contribution in [1.82, 2.24) is 19.9 Å². The second-order valence-corrected chi connectivity index (χ2v) is 6.89. The maximum atomic E-state index is 6.30. The number of nitrogens with zero attached hydrogens (tertiary/aromatic N) is 4. The fraction of sp³-hybridized carbons (Fsp3) is 0. The Morgan fingerprint density at radius 1 is 1.00 bits per heavy atom. The van der Waals surface area contributed by atoms with Crippen LogP contribution in [0.25, 0.3) is 20.8 Å². The minimum Gasteiger partial charge on any atom is -0.382 e. The van der Waals surface area contributed by atoms with Crippen LogP contribution >= 0.6 is 34.5 Å². The number of nitrogens with two attached hydrogens (primary N) is 1. The molecule has 0 saturated heterocycles. The second-order valence-electron chi connectivity index (χ2n) is 5.07. The number of nitrogen functional groups attached to an aromatic ring is 1. The molecule has 0 fully saturated rings. The van der Waals surface area contributed by atoms with E-state index in [9.17, 15) is 0 Å². The number of hydrogen-bond acceptors (Lipinski definition) is 7. The minimum absolute atomic E-state index is 0.352. The fourth-order valence-corrected chi connectivity index (χ4v) is 4.04. The average molecular weight is 389 g/mol. The minimum atomic E-state index is 0.352. The Morgan fingerprint density at radius 2 is 1.80 bits per heavy atom. The first-order chi connectivity index (χ1) is 12.1. The molecule has 3 N–H and O–H groups in total. The first-order valence-electron chi connectivity index (χ1n) is 7.16. The van der Waals surface area contributed by atoms with Crippen molar-refractivity contribution in [2.45, 2.75) is 0 Å². The summed E-state index contributed by atoms with van der Waals surface area (Å²) in [6, 6.07) is 7.21. The SMILES string of the molecule is Nc1cnc(Nc2nccc3nc(-c4c(Cl)cccc4Cl)sc23)cn1. The van der Waals surface area contributed by atoms with Crippen LogP contribution in [0.3, 0.4) is 0 Å². The van der Waals surface area contributed by atoms with Crippen LogP contribution in [0.4, 0.5) is 17.5 Å². The number of anilines is 3. The van der Waals surface area contributed by atoms with Gasteiger partial charge in [0.15, 0.2) is 5.82 Å². The maximum absolute atomic E-state index is 6.30. The molecule has 124 valence electrons. The number of benzene rings is 1. The molecule has 0 amide bonds. The lowest BCUT2D eigenvalue weighted by Gasteiger charge is -2.04. The van der Waals surface area contributed by atoms with Crippen molar-refractivity contribution in [3.63, 3.8) is 0 Å². The van der Waals surface area contributed by atoms with Gasteiger partial charge in [-0.1, -0.05) is 29.3 Å². The van der Waals surface area contributed by atoms with E-state index in [0.717, 1.165) is 15.2 Å². The van der Waals surface area contributed by atoms with E-state index < -0.39 is 0 Å². The molecule has 0 saturated carbocycles. The van der Waals surface area contributed by atoms with Crippen molar-refractivity contribution in [3.8, 4) is 10.6 Å². The number of hydrogen-bond donors (Lipinski definition) is 2. The predicted octanol–water partition coefficient (Wildman–Crippen LogP) is 4.78. The van der Waals surface area contributed by atoms with E-state index in [1.807, 2.05) is 6.07 Å². The zero-order valence-corrected chi connectivity index (χ0v) is 14.9. The number of aromatic nitrogens is 4. The van der Waals surface area contributed by atoms with Gasteiger partial charge in [-0.2, -0.15) is 0 Å². The molecule has 0 radical (unpaired) electrons. The maximum Gasteiger partial charge on any atom is 0.151 e. The average Bonchev–Trinajstić information content (AvgIpc) is 3.01. The number of thiazole rings is 1. The Hall–Kier alpha value is -2.48. The van der Waals surface area contributed by atoms with E-state index in [1.54, 1.807) is 30.6 Å². The van der Waals surface area contributed by atoms with Crippen LogP contribution in [0.2, 0.25) is 10.0 Å². The third-order valence-corrected chi connectivity index (χ3v) is 5.12. The van der Waals surface area contributed by atoms with Gasteiger partial charge in [0.25, 0.3) is 0 Å². The van der Waals surface area contributed by atoms with E-state index in [4.69, 9.17) is 28.9 Å². The molecule has 6 nitrogen and oxygen atoms in total. The predicted molar refractivity (Wildman–Crippen MR) is 103 cm³/mol. The van der Waals surface area contributed by atoms with Gasteiger partial charge in [-0.3, -0.25) is 0 Å².